The van der Waals surface area contributed by atoms with E-state index in [1.807, 2.05) is 0 Å². The molecule has 0 aliphatic rings. The number of likely N-dealkylation sites (N-methyl/N-ethyl adjacent to an activating group) is 1. The number of hydrogen-bond acceptors (Lipinski definition) is 2. The van der Waals surface area contributed by atoms with Crippen LogP contribution in [0.25, 0.3) is 0 Å². The van der Waals surface area contributed by atoms with Crippen molar-refractivity contribution in [2.24, 2.45) is 0 Å². The monoisotopic (exact) mass is 283 g/mol. The Morgan fingerprint density at radius 2 is 1.84 bits per heavy atom. The summed E-state index contributed by atoms with van der Waals surface area (Å²) in [6, 6.07) is 6.20. The van der Waals surface area contributed by atoms with Crippen LogP contribution in [0.5, 0.6) is 0 Å². The molecular weight excluding hydrogens is 266 g/mol. The molecular formula is C14H18ClNO3. The lowest BCUT2D eigenvalue weighted by atomic mass is 9.83. The lowest BCUT2D eigenvalue weighted by Crippen LogP contribution is -2.48. The van der Waals surface area contributed by atoms with Crippen LogP contribution in [-0.4, -0.2) is 35.0 Å². The highest BCUT2D eigenvalue weighted by atomic mass is 35.5. The van der Waals surface area contributed by atoms with Crippen molar-refractivity contribution in [2.45, 2.75) is 32.2 Å². The van der Waals surface area contributed by atoms with Gasteiger partial charge in [-0.3, -0.25) is 4.79 Å². The summed E-state index contributed by atoms with van der Waals surface area (Å²) in [7, 11) is 1.49. The van der Waals surface area contributed by atoms with Crippen LogP contribution in [0.15, 0.2) is 24.3 Å². The summed E-state index contributed by atoms with van der Waals surface area (Å²) in [5.41, 5.74) is -0.192. The van der Waals surface area contributed by atoms with Gasteiger partial charge in [-0.25, -0.2) is 4.79 Å². The lowest BCUT2D eigenvalue weighted by molar-refractivity contribution is -0.150. The summed E-state index contributed by atoms with van der Waals surface area (Å²) in [5.74, 6) is -1.32. The second kappa shape index (κ2) is 5.61. The summed E-state index contributed by atoms with van der Waals surface area (Å²) >= 11 is 6.11. The van der Waals surface area contributed by atoms with Gasteiger partial charge in [0.05, 0.1) is 5.41 Å². The number of carboxylic acid groups (broad SMARTS) is 1. The molecule has 5 heteroatoms. The molecule has 1 N–H and O–H groups in total. The van der Waals surface area contributed by atoms with Crippen molar-refractivity contribution in [2.75, 3.05) is 7.05 Å². The highest BCUT2D eigenvalue weighted by molar-refractivity contribution is 6.31. The zero-order valence-electron chi connectivity index (χ0n) is 11.5. The Bertz CT molecular complexity index is 499. The highest BCUT2D eigenvalue weighted by Crippen LogP contribution is 2.31. The van der Waals surface area contributed by atoms with Gasteiger partial charge >= 0.3 is 5.97 Å². The molecule has 4 nitrogen and oxygen atoms in total. The van der Waals surface area contributed by atoms with Crippen molar-refractivity contribution < 1.29 is 14.7 Å². The predicted octanol–water partition coefficient (Wildman–Crippen LogP) is 2.55. The predicted molar refractivity (Wildman–Crippen MR) is 74.3 cm³/mol. The van der Waals surface area contributed by atoms with E-state index in [0.717, 1.165) is 0 Å². The second-order valence-electron chi connectivity index (χ2n) is 5.04. The number of carbonyl (C=O) groups excluding carboxylic acids is 1. The number of nitrogens with zero attached hydrogens (tertiary/aromatic N) is 1. The van der Waals surface area contributed by atoms with E-state index in [2.05, 4.69) is 0 Å². The number of rotatable bonds is 4. The maximum absolute atomic E-state index is 12.5. The maximum Gasteiger partial charge on any atom is 0.326 e. The average molecular weight is 284 g/mol. The Kier molecular flexibility index (Phi) is 4.58. The SMILES string of the molecule is CC(C(=O)O)N(C)C(=O)C(C)(C)c1ccccc1Cl. The van der Waals surface area contributed by atoms with E-state index in [1.165, 1.54) is 18.9 Å². The minimum Gasteiger partial charge on any atom is -0.480 e. The summed E-state index contributed by atoms with van der Waals surface area (Å²) in [6.45, 7) is 4.95. The second-order valence-corrected chi connectivity index (χ2v) is 5.44. The van der Waals surface area contributed by atoms with Crippen LogP contribution in [0.4, 0.5) is 0 Å². The number of carbonyl (C=O) groups is 2. The molecule has 1 rings (SSSR count). The molecule has 0 heterocycles. The summed E-state index contributed by atoms with van der Waals surface area (Å²) in [6.07, 6.45) is 0. The van der Waals surface area contributed by atoms with E-state index in [9.17, 15) is 9.59 Å². The minimum atomic E-state index is -1.04. The van der Waals surface area contributed by atoms with Crippen LogP contribution < -0.4 is 0 Å². The molecule has 0 aliphatic carbocycles. The Labute approximate surface area is 118 Å². The Morgan fingerprint density at radius 1 is 1.32 bits per heavy atom. The molecule has 0 saturated heterocycles. The fraction of sp³-hybridized carbons (Fsp3) is 0.429. The molecule has 0 aliphatic heterocycles. The number of amides is 1. The molecule has 0 spiro atoms. The van der Waals surface area contributed by atoms with Gasteiger partial charge in [0.2, 0.25) is 5.91 Å². The molecule has 0 aromatic heterocycles. The van der Waals surface area contributed by atoms with Crippen LogP contribution in [0.3, 0.4) is 0 Å². The van der Waals surface area contributed by atoms with Crippen LogP contribution in [-0.2, 0) is 15.0 Å². The third-order valence-corrected chi connectivity index (χ3v) is 3.67. The molecule has 1 amide bonds. The highest BCUT2D eigenvalue weighted by Gasteiger charge is 2.36. The van der Waals surface area contributed by atoms with E-state index in [-0.39, 0.29) is 5.91 Å². The number of carboxylic acids is 1. The molecule has 1 aromatic rings. The first-order chi connectivity index (χ1) is 8.69. The first-order valence-electron chi connectivity index (χ1n) is 5.94. The third kappa shape index (κ3) is 3.07. The van der Waals surface area contributed by atoms with E-state index in [1.54, 1.807) is 38.1 Å². The van der Waals surface area contributed by atoms with Gasteiger partial charge < -0.3 is 10.0 Å². The van der Waals surface area contributed by atoms with Crippen LogP contribution in [0, 0.1) is 0 Å². The molecule has 19 heavy (non-hydrogen) atoms. The van der Waals surface area contributed by atoms with Crippen LogP contribution in [0.2, 0.25) is 5.02 Å². The molecule has 0 radical (unpaired) electrons. The van der Waals surface area contributed by atoms with Crippen molar-refractivity contribution >= 4 is 23.5 Å². The molecule has 1 unspecified atom stereocenters. The Morgan fingerprint density at radius 3 is 2.32 bits per heavy atom. The van der Waals surface area contributed by atoms with Gasteiger partial charge in [0.25, 0.3) is 0 Å². The number of hydrogen-bond donors (Lipinski definition) is 1. The molecule has 104 valence electrons. The fourth-order valence-electron chi connectivity index (χ4n) is 1.87. The standard InChI is InChI=1S/C14H18ClNO3/c1-9(12(17)18)16(4)13(19)14(2,3)10-7-5-6-8-11(10)15/h5-9H,1-4H3,(H,17,18). The Hall–Kier alpha value is -1.55. The Balaban J connectivity index is 3.10. The van der Waals surface area contributed by atoms with Crippen LogP contribution >= 0.6 is 11.6 Å². The zero-order chi connectivity index (χ0) is 14.8. The van der Waals surface area contributed by atoms with E-state index < -0.39 is 17.4 Å². The molecule has 0 saturated carbocycles. The summed E-state index contributed by atoms with van der Waals surface area (Å²) in [4.78, 5) is 24.7. The normalized spacial score (nSPS) is 12.9. The van der Waals surface area contributed by atoms with Gasteiger partial charge in [-0.15, -0.1) is 0 Å². The number of benzene rings is 1. The van der Waals surface area contributed by atoms with Crippen molar-refractivity contribution in [1.29, 1.82) is 0 Å². The molecule has 1 aromatic carbocycles. The van der Waals surface area contributed by atoms with E-state index in [4.69, 9.17) is 16.7 Å². The lowest BCUT2D eigenvalue weighted by Gasteiger charge is -2.32. The fourth-order valence-corrected chi connectivity index (χ4v) is 2.24. The van der Waals surface area contributed by atoms with Gasteiger partial charge in [-0.05, 0) is 32.4 Å². The molecule has 1 atom stereocenters. The number of aliphatic carboxylic acids is 1. The first kappa shape index (κ1) is 15.5. The van der Waals surface area contributed by atoms with Gasteiger partial charge in [0.1, 0.15) is 6.04 Å². The zero-order valence-corrected chi connectivity index (χ0v) is 12.2. The summed E-state index contributed by atoms with van der Waals surface area (Å²) < 4.78 is 0. The maximum atomic E-state index is 12.5. The number of halogens is 1. The van der Waals surface area contributed by atoms with Crippen molar-refractivity contribution in [3.63, 3.8) is 0 Å². The van der Waals surface area contributed by atoms with Gasteiger partial charge in [0, 0.05) is 12.1 Å². The first-order valence-corrected chi connectivity index (χ1v) is 6.32. The minimum absolute atomic E-state index is 0.282. The van der Waals surface area contributed by atoms with Gasteiger partial charge in [-0.2, -0.15) is 0 Å². The van der Waals surface area contributed by atoms with Crippen molar-refractivity contribution in [1.82, 2.24) is 4.90 Å². The summed E-state index contributed by atoms with van der Waals surface area (Å²) in [5, 5.41) is 9.47. The molecule has 0 fully saturated rings. The van der Waals surface area contributed by atoms with E-state index >= 15 is 0 Å². The largest absolute Gasteiger partial charge is 0.480 e. The van der Waals surface area contributed by atoms with Crippen molar-refractivity contribution in [3.8, 4) is 0 Å². The average Bonchev–Trinajstić information content (AvgIpc) is 2.36. The van der Waals surface area contributed by atoms with Crippen LogP contribution in [0.1, 0.15) is 26.3 Å². The quantitative estimate of drug-likeness (QED) is 0.924. The third-order valence-electron chi connectivity index (χ3n) is 3.34. The topological polar surface area (TPSA) is 57.6 Å². The van der Waals surface area contributed by atoms with Gasteiger partial charge in [-0.1, -0.05) is 29.8 Å². The van der Waals surface area contributed by atoms with Crippen molar-refractivity contribution in [3.05, 3.63) is 34.9 Å². The van der Waals surface area contributed by atoms with Gasteiger partial charge in [0.15, 0.2) is 0 Å². The smallest absolute Gasteiger partial charge is 0.326 e. The molecule has 0 bridgehead atoms. The van der Waals surface area contributed by atoms with E-state index in [0.29, 0.717) is 10.6 Å².